The van der Waals surface area contributed by atoms with Crippen molar-refractivity contribution < 1.29 is 0 Å². The number of piperazine rings is 1. The summed E-state index contributed by atoms with van der Waals surface area (Å²) in [4.78, 5) is 13.9. The molecule has 2 aromatic rings. The van der Waals surface area contributed by atoms with Gasteiger partial charge in [0.05, 0.1) is 0 Å². The van der Waals surface area contributed by atoms with Crippen LogP contribution in [0.2, 0.25) is 0 Å². The minimum absolute atomic E-state index is 0.358. The summed E-state index contributed by atoms with van der Waals surface area (Å²) >= 11 is 0. The van der Waals surface area contributed by atoms with Gasteiger partial charge >= 0.3 is 0 Å². The summed E-state index contributed by atoms with van der Waals surface area (Å²) in [6.07, 6.45) is 4.96. The first-order valence-corrected chi connectivity index (χ1v) is 9.36. The van der Waals surface area contributed by atoms with Gasteiger partial charge in [0.1, 0.15) is 12.1 Å². The van der Waals surface area contributed by atoms with Gasteiger partial charge in [-0.25, -0.2) is 9.97 Å². The van der Waals surface area contributed by atoms with Gasteiger partial charge in [0.2, 0.25) is 0 Å². The van der Waals surface area contributed by atoms with Crippen molar-refractivity contribution in [2.45, 2.75) is 31.2 Å². The number of hydrogen-bond acceptors (Lipinski definition) is 5. The van der Waals surface area contributed by atoms with Crippen LogP contribution in [0.3, 0.4) is 0 Å². The third-order valence-corrected chi connectivity index (χ3v) is 5.52. The molecule has 1 saturated heterocycles. The van der Waals surface area contributed by atoms with Gasteiger partial charge in [-0.05, 0) is 24.8 Å². The quantitative estimate of drug-likeness (QED) is 0.905. The van der Waals surface area contributed by atoms with Gasteiger partial charge in [0.25, 0.3) is 0 Å². The summed E-state index contributed by atoms with van der Waals surface area (Å²) in [6, 6.07) is 13.3. The van der Waals surface area contributed by atoms with Gasteiger partial charge in [0.15, 0.2) is 0 Å². The Morgan fingerprint density at radius 2 is 1.76 bits per heavy atom. The van der Waals surface area contributed by atoms with Crippen molar-refractivity contribution in [3.8, 4) is 0 Å². The molecule has 0 bridgehead atoms. The first kappa shape index (κ1) is 16.5. The van der Waals surface area contributed by atoms with Crippen LogP contribution in [0, 0.1) is 0 Å². The summed E-state index contributed by atoms with van der Waals surface area (Å²) in [7, 11) is 0. The van der Waals surface area contributed by atoms with Crippen molar-refractivity contribution in [1.82, 2.24) is 14.9 Å². The van der Waals surface area contributed by atoms with Crippen LogP contribution in [0.1, 0.15) is 30.0 Å². The van der Waals surface area contributed by atoms with Crippen molar-refractivity contribution in [2.24, 2.45) is 5.73 Å². The molecule has 132 valence electrons. The molecule has 1 aromatic carbocycles. The SMILES string of the molecule is NC1CC(c2cc(N3CCN(CCc4ccccc4)CC3)ncn2)C1. The first-order valence-electron chi connectivity index (χ1n) is 9.36. The predicted molar refractivity (Wildman–Crippen MR) is 101 cm³/mol. The van der Waals surface area contributed by atoms with Crippen LogP contribution < -0.4 is 10.6 Å². The van der Waals surface area contributed by atoms with Crippen molar-refractivity contribution in [1.29, 1.82) is 0 Å². The molecular weight excluding hydrogens is 310 g/mol. The molecule has 4 rings (SSSR count). The highest BCUT2D eigenvalue weighted by atomic mass is 15.3. The second kappa shape index (κ2) is 7.50. The molecule has 0 atom stereocenters. The molecule has 0 spiro atoms. The van der Waals surface area contributed by atoms with Crippen LogP contribution in [0.4, 0.5) is 5.82 Å². The molecule has 5 nitrogen and oxygen atoms in total. The van der Waals surface area contributed by atoms with Gasteiger partial charge in [-0.2, -0.15) is 0 Å². The van der Waals surface area contributed by atoms with Crippen LogP contribution in [0.25, 0.3) is 0 Å². The zero-order valence-corrected chi connectivity index (χ0v) is 14.7. The molecule has 25 heavy (non-hydrogen) atoms. The first-order chi connectivity index (χ1) is 12.3. The van der Waals surface area contributed by atoms with E-state index in [4.69, 9.17) is 5.73 Å². The van der Waals surface area contributed by atoms with Crippen LogP contribution in [-0.2, 0) is 6.42 Å². The minimum Gasteiger partial charge on any atom is -0.354 e. The van der Waals surface area contributed by atoms with E-state index in [2.05, 4.69) is 56.2 Å². The maximum absolute atomic E-state index is 5.91. The zero-order chi connectivity index (χ0) is 17.1. The molecule has 1 saturated carbocycles. The Labute approximate surface area is 149 Å². The van der Waals surface area contributed by atoms with E-state index in [9.17, 15) is 0 Å². The van der Waals surface area contributed by atoms with E-state index in [0.717, 1.165) is 57.8 Å². The number of nitrogens with zero attached hydrogens (tertiary/aromatic N) is 4. The Morgan fingerprint density at radius 1 is 1.00 bits per heavy atom. The van der Waals surface area contributed by atoms with Crippen molar-refractivity contribution >= 4 is 5.82 Å². The average molecular weight is 337 g/mol. The second-order valence-electron chi connectivity index (χ2n) is 7.29. The summed E-state index contributed by atoms with van der Waals surface area (Å²) in [6.45, 7) is 5.40. The topological polar surface area (TPSA) is 58.3 Å². The predicted octanol–water partition coefficient (Wildman–Crippen LogP) is 2.05. The van der Waals surface area contributed by atoms with E-state index in [1.54, 1.807) is 6.33 Å². The maximum Gasteiger partial charge on any atom is 0.132 e. The zero-order valence-electron chi connectivity index (χ0n) is 14.7. The standard InChI is InChI=1S/C20H27N5/c21-18-12-17(13-18)19-14-20(23-15-22-19)25-10-8-24(9-11-25)7-6-16-4-2-1-3-5-16/h1-5,14-15,17-18H,6-13,21H2. The van der Waals surface area contributed by atoms with Crippen LogP contribution >= 0.6 is 0 Å². The molecule has 0 radical (unpaired) electrons. The fourth-order valence-electron chi connectivity index (χ4n) is 3.79. The lowest BCUT2D eigenvalue weighted by atomic mass is 9.78. The highest BCUT2D eigenvalue weighted by molar-refractivity contribution is 5.40. The van der Waals surface area contributed by atoms with Crippen LogP contribution in [0.15, 0.2) is 42.7 Å². The van der Waals surface area contributed by atoms with E-state index < -0.39 is 0 Å². The fourth-order valence-corrected chi connectivity index (χ4v) is 3.79. The molecule has 2 N–H and O–H groups in total. The molecule has 2 aliphatic rings. The van der Waals surface area contributed by atoms with Gasteiger partial charge in [0, 0.05) is 56.4 Å². The molecule has 0 unspecified atom stereocenters. The van der Waals surface area contributed by atoms with E-state index in [1.807, 2.05) is 0 Å². The lowest BCUT2D eigenvalue weighted by molar-refractivity contribution is 0.260. The Kier molecular flexibility index (Phi) is 4.95. The second-order valence-corrected chi connectivity index (χ2v) is 7.29. The number of benzene rings is 1. The molecule has 1 aliphatic carbocycles. The van der Waals surface area contributed by atoms with E-state index >= 15 is 0 Å². The smallest absolute Gasteiger partial charge is 0.132 e. The van der Waals surface area contributed by atoms with E-state index in [0.29, 0.717) is 12.0 Å². The van der Waals surface area contributed by atoms with Crippen molar-refractivity contribution in [2.75, 3.05) is 37.6 Å². The Bertz CT molecular complexity index is 675. The highest BCUT2D eigenvalue weighted by Crippen LogP contribution is 2.35. The maximum atomic E-state index is 5.91. The molecule has 1 aliphatic heterocycles. The van der Waals surface area contributed by atoms with Gasteiger partial charge in [-0.1, -0.05) is 30.3 Å². The fraction of sp³-hybridized carbons (Fsp3) is 0.500. The van der Waals surface area contributed by atoms with Crippen molar-refractivity contribution in [3.63, 3.8) is 0 Å². The number of rotatable bonds is 5. The Balaban J connectivity index is 1.29. The summed E-state index contributed by atoms with van der Waals surface area (Å²) in [5.41, 5.74) is 8.50. The van der Waals surface area contributed by atoms with Gasteiger partial charge in [-0.3, -0.25) is 4.90 Å². The van der Waals surface area contributed by atoms with Crippen molar-refractivity contribution in [3.05, 3.63) is 54.0 Å². The molecule has 1 aromatic heterocycles. The largest absolute Gasteiger partial charge is 0.354 e. The lowest BCUT2D eigenvalue weighted by Crippen LogP contribution is -2.47. The average Bonchev–Trinajstić information content (AvgIpc) is 2.65. The number of hydrogen-bond donors (Lipinski definition) is 1. The number of nitrogens with two attached hydrogens (primary N) is 1. The molecular formula is C20H27N5. The van der Waals surface area contributed by atoms with Crippen LogP contribution in [-0.4, -0.2) is 53.6 Å². The number of aromatic nitrogens is 2. The molecule has 2 fully saturated rings. The number of anilines is 1. The Morgan fingerprint density at radius 3 is 2.48 bits per heavy atom. The summed E-state index contributed by atoms with van der Waals surface area (Å²) in [5.74, 6) is 1.61. The van der Waals surface area contributed by atoms with Crippen LogP contribution in [0.5, 0.6) is 0 Å². The van der Waals surface area contributed by atoms with E-state index in [1.165, 1.54) is 11.3 Å². The normalized spacial score (nSPS) is 24.1. The third-order valence-electron chi connectivity index (χ3n) is 5.52. The van der Waals surface area contributed by atoms with E-state index in [-0.39, 0.29) is 0 Å². The molecule has 5 heteroatoms. The summed E-state index contributed by atoms with van der Waals surface area (Å²) < 4.78 is 0. The highest BCUT2D eigenvalue weighted by Gasteiger charge is 2.29. The Hall–Kier alpha value is -1.98. The van der Waals surface area contributed by atoms with Gasteiger partial charge in [-0.15, -0.1) is 0 Å². The lowest BCUT2D eigenvalue weighted by Gasteiger charge is -2.36. The molecule has 0 amide bonds. The minimum atomic E-state index is 0.358. The monoisotopic (exact) mass is 337 g/mol. The summed E-state index contributed by atoms with van der Waals surface area (Å²) in [5, 5.41) is 0. The molecule has 2 heterocycles. The van der Waals surface area contributed by atoms with Gasteiger partial charge < -0.3 is 10.6 Å². The third kappa shape index (κ3) is 3.99.